The number of nitrogen functional groups attached to an aromatic ring is 2. The molecule has 0 aliphatic heterocycles. The van der Waals surface area contributed by atoms with E-state index in [4.69, 9.17) is 11.5 Å². The predicted octanol–water partition coefficient (Wildman–Crippen LogP) is 1.19. The highest BCUT2D eigenvalue weighted by molar-refractivity contribution is 5.89. The van der Waals surface area contributed by atoms with Crippen LogP contribution in [0, 0.1) is 27.7 Å². The van der Waals surface area contributed by atoms with E-state index in [9.17, 15) is 9.59 Å². The van der Waals surface area contributed by atoms with E-state index in [1.165, 1.54) is 27.4 Å². The van der Waals surface area contributed by atoms with Gasteiger partial charge in [-0.1, -0.05) is 0 Å². The summed E-state index contributed by atoms with van der Waals surface area (Å²) in [5.74, 6) is 2.69. The lowest BCUT2D eigenvalue weighted by molar-refractivity contribution is 0.756. The van der Waals surface area contributed by atoms with Crippen LogP contribution in [0.1, 0.15) is 22.5 Å². The highest BCUT2D eigenvalue weighted by atomic mass is 16.1. The summed E-state index contributed by atoms with van der Waals surface area (Å²) in [6.45, 7) is 7.79. The standard InChI is InChI=1S/2C8H10N4.C7H11N3O.C5H8N4O.C4H7N3/c1-5-4-12(2)7-6(5)3-10-8(9)11-7;1-5-3-12(2)8-6(5)7(9)10-4-11-8;1-5-4-10(3)7(11)9-6(5)8-2;1-6-4-7-3-9(2)5(10)8-4;1-4-5-3-7(2)6-4/h2*3-4H,1-2H3,(H2,9,10,11);4H,1-3H3,(H,8,9,11);3H,1-2H3,(H,6,8,10);3H,1-2H3. The maximum atomic E-state index is 11.0. The molecule has 52 heavy (non-hydrogen) atoms. The van der Waals surface area contributed by atoms with Crippen molar-refractivity contribution in [1.29, 1.82) is 0 Å². The fourth-order valence-corrected chi connectivity index (χ4v) is 4.68. The maximum Gasteiger partial charge on any atom is 0.351 e. The summed E-state index contributed by atoms with van der Waals surface area (Å²) in [7, 11) is 12.4. The van der Waals surface area contributed by atoms with Gasteiger partial charge in [-0.15, -0.1) is 0 Å². The molecular weight excluding hydrogens is 668 g/mol. The van der Waals surface area contributed by atoms with Crippen LogP contribution in [0.4, 0.5) is 23.5 Å². The molecule has 0 fully saturated rings. The number of aryl methyl sites for hydroxylation is 9. The summed E-state index contributed by atoms with van der Waals surface area (Å²) in [5, 5.41) is 11.4. The molecule has 0 aliphatic rings. The van der Waals surface area contributed by atoms with Crippen molar-refractivity contribution in [2.75, 3.05) is 36.2 Å². The van der Waals surface area contributed by atoms with Gasteiger partial charge in [-0.2, -0.15) is 20.1 Å². The Morgan fingerprint density at radius 1 is 0.635 bits per heavy atom. The summed E-state index contributed by atoms with van der Waals surface area (Å²) in [4.78, 5) is 52.9. The van der Waals surface area contributed by atoms with Gasteiger partial charge in [0, 0.05) is 85.1 Å². The molecule has 0 saturated carbocycles. The minimum atomic E-state index is -0.306. The highest BCUT2D eigenvalue weighted by Gasteiger charge is 2.07. The second-order valence-electron chi connectivity index (χ2n) is 11.5. The van der Waals surface area contributed by atoms with Crippen molar-refractivity contribution < 1.29 is 0 Å². The third-order valence-electron chi connectivity index (χ3n) is 7.21. The quantitative estimate of drug-likeness (QED) is 0.196. The molecule has 0 aliphatic carbocycles. The lowest BCUT2D eigenvalue weighted by Crippen LogP contribution is -2.21. The molecule has 7 heterocycles. The fraction of sp³-hybridized carbons (Fsp3) is 0.344. The zero-order chi connectivity index (χ0) is 38.7. The van der Waals surface area contributed by atoms with Crippen molar-refractivity contribution in [2.45, 2.75) is 27.7 Å². The van der Waals surface area contributed by atoms with E-state index in [1.807, 2.05) is 70.4 Å². The van der Waals surface area contributed by atoms with Crippen molar-refractivity contribution in [1.82, 2.24) is 67.9 Å². The second-order valence-corrected chi connectivity index (χ2v) is 11.5. The van der Waals surface area contributed by atoms with E-state index >= 15 is 0 Å². The van der Waals surface area contributed by atoms with Gasteiger partial charge >= 0.3 is 11.4 Å². The smallest absolute Gasteiger partial charge is 0.351 e. The number of fused-ring (bicyclic) bond motifs is 2. The summed E-state index contributed by atoms with van der Waals surface area (Å²) >= 11 is 0. The van der Waals surface area contributed by atoms with E-state index in [2.05, 4.69) is 55.6 Å². The van der Waals surface area contributed by atoms with Gasteiger partial charge in [-0.05, 0) is 38.8 Å². The van der Waals surface area contributed by atoms with Crippen molar-refractivity contribution >= 4 is 45.6 Å². The van der Waals surface area contributed by atoms with Gasteiger partial charge in [0.05, 0.1) is 5.39 Å². The molecule has 0 unspecified atom stereocenters. The van der Waals surface area contributed by atoms with E-state index < -0.39 is 0 Å². The Balaban J connectivity index is 0.000000177. The van der Waals surface area contributed by atoms with E-state index in [1.54, 1.807) is 51.6 Å². The molecule has 0 amide bonds. The molecule has 7 aromatic heterocycles. The molecule has 0 atom stereocenters. The summed E-state index contributed by atoms with van der Waals surface area (Å²) in [6.07, 6.45) is 12.1. The predicted molar refractivity (Wildman–Crippen MR) is 202 cm³/mol. The van der Waals surface area contributed by atoms with Crippen molar-refractivity contribution in [3.63, 3.8) is 0 Å². The summed E-state index contributed by atoms with van der Waals surface area (Å²) in [5.41, 5.74) is 15.7. The third-order valence-corrected chi connectivity index (χ3v) is 7.21. The van der Waals surface area contributed by atoms with Crippen LogP contribution < -0.4 is 33.5 Å². The number of hydrogen-bond acceptors (Lipinski definition) is 15. The average Bonchev–Trinajstić information content (AvgIpc) is 3.73. The number of anilines is 4. The van der Waals surface area contributed by atoms with Crippen LogP contribution in [0.15, 0.2) is 53.4 Å². The fourth-order valence-electron chi connectivity index (χ4n) is 4.68. The molecule has 0 spiro atoms. The van der Waals surface area contributed by atoms with Gasteiger partial charge in [-0.3, -0.25) is 9.25 Å². The highest BCUT2D eigenvalue weighted by Crippen LogP contribution is 2.21. The van der Waals surface area contributed by atoms with Gasteiger partial charge in [0.15, 0.2) is 0 Å². The number of rotatable bonds is 2. The lowest BCUT2D eigenvalue weighted by Gasteiger charge is -2.03. The normalized spacial score (nSPS) is 10.1. The first-order valence-electron chi connectivity index (χ1n) is 15.7. The minimum absolute atomic E-state index is 0.236. The Morgan fingerprint density at radius 2 is 1.27 bits per heavy atom. The Labute approximate surface area is 299 Å². The first-order chi connectivity index (χ1) is 24.6. The largest absolute Gasteiger partial charge is 0.383 e. The maximum absolute atomic E-state index is 11.0. The molecular formula is C32H46N18O2. The van der Waals surface area contributed by atoms with E-state index in [-0.39, 0.29) is 11.4 Å². The van der Waals surface area contributed by atoms with Gasteiger partial charge in [-0.25, -0.2) is 34.5 Å². The second kappa shape index (κ2) is 17.8. The minimum Gasteiger partial charge on any atom is -0.383 e. The number of nitrogens with one attached hydrogen (secondary N) is 2. The summed E-state index contributed by atoms with van der Waals surface area (Å²) < 4.78 is 8.33. The van der Waals surface area contributed by atoms with Crippen LogP contribution in [0.2, 0.25) is 0 Å². The Bertz CT molecular complexity index is 2350. The molecule has 0 aromatic carbocycles. The molecule has 6 N–H and O–H groups in total. The van der Waals surface area contributed by atoms with Crippen LogP contribution in [0.3, 0.4) is 0 Å². The first kappa shape index (κ1) is 39.7. The molecule has 0 saturated heterocycles. The Kier molecular flexibility index (Phi) is 13.6. The van der Waals surface area contributed by atoms with Crippen LogP contribution in [0.5, 0.6) is 0 Å². The Hall–Kier alpha value is -6.73. The number of aromatic nitrogens is 14. The van der Waals surface area contributed by atoms with Gasteiger partial charge < -0.3 is 35.8 Å². The van der Waals surface area contributed by atoms with Gasteiger partial charge in [0.25, 0.3) is 0 Å². The number of nitrogens with zero attached hydrogens (tertiary/aromatic N) is 14. The average molecular weight is 715 g/mol. The zero-order valence-electron chi connectivity index (χ0n) is 31.3. The molecule has 7 aromatic rings. The molecule has 20 heteroatoms. The molecule has 0 radical (unpaired) electrons. The summed E-state index contributed by atoms with van der Waals surface area (Å²) in [6, 6.07) is 0. The topological polar surface area (TPSA) is 251 Å². The van der Waals surface area contributed by atoms with E-state index in [0.717, 1.165) is 39.0 Å². The van der Waals surface area contributed by atoms with Crippen molar-refractivity contribution in [2.24, 2.45) is 35.2 Å². The van der Waals surface area contributed by atoms with Crippen LogP contribution >= 0.6 is 0 Å². The van der Waals surface area contributed by atoms with Crippen molar-refractivity contribution in [3.8, 4) is 0 Å². The molecule has 0 bridgehead atoms. The van der Waals surface area contributed by atoms with Crippen LogP contribution in [0.25, 0.3) is 22.1 Å². The lowest BCUT2D eigenvalue weighted by atomic mass is 10.2. The monoisotopic (exact) mass is 714 g/mol. The molecule has 20 nitrogen and oxygen atoms in total. The Morgan fingerprint density at radius 3 is 1.83 bits per heavy atom. The SMILES string of the molecule is CNc1nc(=O)n(C)cc1C.CNc1ncn(C)c(=O)n1.Cc1cn(C)c2nc(N)ncc12.Cc1cn(C)c2ncnc(N)c12.Cc1ncn(C)n1. The van der Waals surface area contributed by atoms with Crippen molar-refractivity contribution in [3.05, 3.63) is 87.3 Å². The van der Waals surface area contributed by atoms with E-state index in [0.29, 0.717) is 23.5 Å². The number of nitrogens with two attached hydrogens (primary N) is 2. The third kappa shape index (κ3) is 10.4. The first-order valence-corrected chi connectivity index (χ1v) is 15.7. The van der Waals surface area contributed by atoms with Gasteiger partial charge in [0.1, 0.15) is 47.7 Å². The zero-order valence-corrected chi connectivity index (χ0v) is 31.3. The van der Waals surface area contributed by atoms with Gasteiger partial charge in [0.2, 0.25) is 11.9 Å². The van der Waals surface area contributed by atoms with Crippen LogP contribution in [-0.4, -0.2) is 82.0 Å². The van der Waals surface area contributed by atoms with Crippen LogP contribution in [-0.2, 0) is 35.2 Å². The molecule has 276 valence electrons. The number of hydrogen-bond donors (Lipinski definition) is 4. The molecule has 7 rings (SSSR count).